The number of nitrogens with one attached hydrogen (secondary N) is 1. The van der Waals surface area contributed by atoms with Gasteiger partial charge in [-0.15, -0.1) is 4.24 Å². The maximum Gasteiger partial charge on any atom is 1.00 e. The zero-order valence-corrected chi connectivity index (χ0v) is 10.9. The van der Waals surface area contributed by atoms with Crippen LogP contribution in [0, 0.1) is 13.0 Å². The van der Waals surface area contributed by atoms with Crippen molar-refractivity contribution in [3.8, 4) is 0 Å². The molecule has 0 aliphatic heterocycles. The van der Waals surface area contributed by atoms with Crippen molar-refractivity contribution in [1.29, 1.82) is 0 Å². The molecule has 0 bridgehead atoms. The maximum absolute atomic E-state index is 11.0. The molecule has 0 saturated carbocycles. The van der Waals surface area contributed by atoms with Gasteiger partial charge < -0.3 is 0 Å². The van der Waals surface area contributed by atoms with E-state index in [1.165, 1.54) is 12.1 Å². The molecule has 0 amide bonds. The van der Waals surface area contributed by atoms with Crippen molar-refractivity contribution >= 4 is 21.8 Å². The minimum Gasteiger partial charge on any atom is -0.219 e. The third-order valence-electron chi connectivity index (χ3n) is 1.35. The Labute approximate surface area is 105 Å². The predicted molar refractivity (Wildman–Crippen MR) is 46.2 cm³/mol. The van der Waals surface area contributed by atoms with Crippen LogP contribution in [-0.4, -0.2) is 8.42 Å². The minimum absolute atomic E-state index is 0. The Morgan fingerprint density at radius 3 is 2.46 bits per heavy atom. The van der Waals surface area contributed by atoms with Gasteiger partial charge in [0.25, 0.3) is 0 Å². The van der Waals surface area contributed by atoms with Gasteiger partial charge >= 0.3 is 29.6 Å². The topological polar surface area (TPSA) is 46.2 Å². The summed E-state index contributed by atoms with van der Waals surface area (Å²) in [5, 5.41) is 0. The molecule has 0 heterocycles. The molecule has 1 aromatic rings. The van der Waals surface area contributed by atoms with E-state index < -0.39 is 10.0 Å². The molecule has 1 aromatic carbocycles. The van der Waals surface area contributed by atoms with Gasteiger partial charge in [-0.05, 0) is 16.7 Å². The maximum atomic E-state index is 11.0. The average molecular weight is 228 g/mol. The van der Waals surface area contributed by atoms with Crippen LogP contribution in [0.4, 0.5) is 0 Å². The average Bonchev–Trinajstić information content (AvgIpc) is 2.05. The first-order valence-corrected chi connectivity index (χ1v) is 5.03. The van der Waals surface area contributed by atoms with E-state index in [2.05, 4.69) is 6.07 Å². The number of sulfonamides is 1. The van der Waals surface area contributed by atoms with Gasteiger partial charge in [0.05, 0.1) is 0 Å². The normalized spacial score (nSPS) is 10.6. The van der Waals surface area contributed by atoms with Gasteiger partial charge in [-0.1, -0.05) is 6.92 Å². The van der Waals surface area contributed by atoms with Gasteiger partial charge in [-0.25, -0.2) is 8.42 Å². The predicted octanol–water partition coefficient (Wildman–Crippen LogP) is -1.77. The first-order chi connectivity index (χ1) is 5.56. The molecule has 0 aromatic heterocycles. The monoisotopic (exact) mass is 227 g/mol. The summed E-state index contributed by atoms with van der Waals surface area (Å²) >= 11 is 5.02. The number of benzene rings is 1. The van der Waals surface area contributed by atoms with Crippen LogP contribution < -0.4 is 33.8 Å². The van der Waals surface area contributed by atoms with E-state index in [1.54, 1.807) is 10.3 Å². The molecular weight excluding hydrogens is 221 g/mol. The molecule has 0 saturated heterocycles. The SMILES string of the molecule is Cc1[c-]cc(S(=O)(=O)NCl)cc1.[Na+]. The second kappa shape index (κ2) is 5.34. The van der Waals surface area contributed by atoms with Gasteiger partial charge in [0, 0.05) is 0 Å². The minimum atomic E-state index is -3.53. The van der Waals surface area contributed by atoms with E-state index in [9.17, 15) is 8.42 Å². The summed E-state index contributed by atoms with van der Waals surface area (Å²) in [6.07, 6.45) is 0. The molecule has 0 fully saturated rings. The fourth-order valence-electron chi connectivity index (χ4n) is 0.700. The molecular formula is C7H7ClNNaO2S. The quantitative estimate of drug-likeness (QED) is 0.369. The standard InChI is InChI=1S/C7H7ClNO2S.Na/c1-6-2-4-7(5-3-6)12(10,11)9-8;/h2,4-5,9H,1H3;/q-1;+1. The Hall–Kier alpha value is 0.420. The smallest absolute Gasteiger partial charge is 0.219 e. The summed E-state index contributed by atoms with van der Waals surface area (Å²) in [7, 11) is -3.53. The van der Waals surface area contributed by atoms with Crippen LogP contribution in [-0.2, 0) is 10.0 Å². The molecule has 0 aliphatic rings. The van der Waals surface area contributed by atoms with Gasteiger partial charge in [0.15, 0.2) is 0 Å². The summed E-state index contributed by atoms with van der Waals surface area (Å²) in [6, 6.07) is 7.26. The number of halogens is 1. The van der Waals surface area contributed by atoms with E-state index in [-0.39, 0.29) is 34.5 Å². The Bertz CT molecular complexity index is 363. The molecule has 1 N–H and O–H groups in total. The second-order valence-corrected chi connectivity index (χ2v) is 4.38. The first kappa shape index (κ1) is 13.4. The van der Waals surface area contributed by atoms with E-state index in [4.69, 9.17) is 11.8 Å². The third kappa shape index (κ3) is 3.58. The van der Waals surface area contributed by atoms with Crippen LogP contribution in [0.25, 0.3) is 0 Å². The molecule has 3 nitrogen and oxygen atoms in total. The zero-order chi connectivity index (χ0) is 9.19. The number of rotatable bonds is 2. The van der Waals surface area contributed by atoms with Gasteiger partial charge in [-0.2, -0.15) is 29.8 Å². The van der Waals surface area contributed by atoms with Gasteiger partial charge in [-0.3, -0.25) is 0 Å². The van der Waals surface area contributed by atoms with Gasteiger partial charge in [0.2, 0.25) is 10.0 Å². The molecule has 0 radical (unpaired) electrons. The van der Waals surface area contributed by atoms with Crippen LogP contribution in [0.5, 0.6) is 0 Å². The van der Waals surface area contributed by atoms with E-state index >= 15 is 0 Å². The molecule has 0 unspecified atom stereocenters. The summed E-state index contributed by atoms with van der Waals surface area (Å²) in [4.78, 5) is 0.114. The molecule has 66 valence electrons. The molecule has 6 heteroatoms. The number of hydrogen-bond donors (Lipinski definition) is 1. The first-order valence-electron chi connectivity index (χ1n) is 3.17. The van der Waals surface area contributed by atoms with E-state index in [0.717, 1.165) is 5.56 Å². The Morgan fingerprint density at radius 2 is 2.08 bits per heavy atom. The molecule has 0 aliphatic carbocycles. The Morgan fingerprint density at radius 1 is 1.46 bits per heavy atom. The van der Waals surface area contributed by atoms with Crippen LogP contribution in [0.2, 0.25) is 0 Å². The number of hydrogen-bond acceptors (Lipinski definition) is 2. The summed E-state index contributed by atoms with van der Waals surface area (Å²) in [5.74, 6) is 0. The van der Waals surface area contributed by atoms with Crippen LogP contribution in [0.15, 0.2) is 23.1 Å². The van der Waals surface area contributed by atoms with Crippen molar-refractivity contribution in [2.24, 2.45) is 0 Å². The van der Waals surface area contributed by atoms with Crippen molar-refractivity contribution in [3.05, 3.63) is 29.8 Å². The Balaban J connectivity index is 0.00000144. The van der Waals surface area contributed by atoms with Crippen molar-refractivity contribution in [1.82, 2.24) is 4.24 Å². The summed E-state index contributed by atoms with van der Waals surface area (Å²) in [6.45, 7) is 1.82. The van der Waals surface area contributed by atoms with Gasteiger partial charge in [0.1, 0.15) is 0 Å². The fourth-order valence-corrected chi connectivity index (χ4v) is 1.52. The second-order valence-electron chi connectivity index (χ2n) is 2.29. The third-order valence-corrected chi connectivity index (χ3v) is 3.04. The van der Waals surface area contributed by atoms with Crippen molar-refractivity contribution in [3.63, 3.8) is 0 Å². The summed E-state index contributed by atoms with van der Waals surface area (Å²) in [5.41, 5.74) is 0.878. The van der Waals surface area contributed by atoms with Crippen LogP contribution >= 0.6 is 11.8 Å². The van der Waals surface area contributed by atoms with Crippen LogP contribution in [0.3, 0.4) is 0 Å². The zero-order valence-electron chi connectivity index (χ0n) is 7.33. The largest absolute Gasteiger partial charge is 1.00 e. The summed E-state index contributed by atoms with van der Waals surface area (Å²) < 4.78 is 23.8. The van der Waals surface area contributed by atoms with Crippen molar-refractivity contribution < 1.29 is 38.0 Å². The Kier molecular flexibility index (Phi) is 5.51. The van der Waals surface area contributed by atoms with Crippen LogP contribution in [0.1, 0.15) is 5.56 Å². The molecule has 0 spiro atoms. The van der Waals surface area contributed by atoms with Crippen molar-refractivity contribution in [2.45, 2.75) is 11.8 Å². The molecule has 0 atom stereocenters. The fraction of sp³-hybridized carbons (Fsp3) is 0.143. The molecule has 13 heavy (non-hydrogen) atoms. The number of aryl methyl sites for hydroxylation is 1. The molecule has 1 rings (SSSR count). The van der Waals surface area contributed by atoms with E-state index in [0.29, 0.717) is 0 Å². The van der Waals surface area contributed by atoms with Crippen molar-refractivity contribution in [2.75, 3.05) is 0 Å². The van der Waals surface area contributed by atoms with E-state index in [1.807, 2.05) is 6.92 Å².